The highest BCUT2D eigenvalue weighted by molar-refractivity contribution is 5.95. The molecule has 110 valence electrons. The first kappa shape index (κ1) is 14.4. The van der Waals surface area contributed by atoms with Crippen molar-refractivity contribution in [2.45, 2.75) is 32.7 Å². The van der Waals surface area contributed by atoms with Gasteiger partial charge in [0.25, 0.3) is 0 Å². The molecule has 0 bridgehead atoms. The number of anilines is 1. The van der Waals surface area contributed by atoms with E-state index in [1.54, 1.807) is 0 Å². The Balaban J connectivity index is 2.07. The molecular formula is C20H19NO. The van der Waals surface area contributed by atoms with E-state index in [1.165, 1.54) is 0 Å². The molecule has 0 N–H and O–H groups in total. The highest BCUT2D eigenvalue weighted by Gasteiger charge is 2.20. The molecule has 0 aliphatic carbocycles. The topological polar surface area (TPSA) is 20.3 Å². The van der Waals surface area contributed by atoms with Gasteiger partial charge >= 0.3 is 0 Å². The number of rotatable bonds is 3. The molecule has 0 unspecified atom stereocenters. The van der Waals surface area contributed by atoms with Crippen LogP contribution < -0.4 is 4.90 Å². The molecule has 0 atom stereocenters. The van der Waals surface area contributed by atoms with Crippen LogP contribution in [0.5, 0.6) is 0 Å². The van der Waals surface area contributed by atoms with E-state index >= 15 is 0 Å². The molecule has 2 heteroatoms. The fraction of sp³-hybridized carbons (Fsp3) is 0.250. The Morgan fingerprint density at radius 2 is 1.73 bits per heavy atom. The first-order chi connectivity index (χ1) is 10.8. The first-order valence-corrected chi connectivity index (χ1v) is 7.79. The van der Waals surface area contributed by atoms with Gasteiger partial charge in [-0.05, 0) is 30.2 Å². The summed E-state index contributed by atoms with van der Waals surface area (Å²) in [5.41, 5.74) is 3.95. The molecule has 0 radical (unpaired) electrons. The maximum absolute atomic E-state index is 12.7. The Labute approximate surface area is 131 Å². The number of para-hydroxylation sites is 1. The van der Waals surface area contributed by atoms with Gasteiger partial charge in [0.2, 0.25) is 5.91 Å². The number of amides is 1. The highest BCUT2D eigenvalue weighted by Crippen LogP contribution is 2.26. The smallest absolute Gasteiger partial charge is 0.227 e. The number of carbonyl (C=O) groups is 1. The van der Waals surface area contributed by atoms with Crippen LogP contribution >= 0.6 is 0 Å². The third kappa shape index (κ3) is 2.89. The largest absolute Gasteiger partial charge is 0.307 e. The van der Waals surface area contributed by atoms with E-state index < -0.39 is 0 Å². The van der Waals surface area contributed by atoms with Crippen molar-refractivity contribution in [1.82, 2.24) is 0 Å². The van der Waals surface area contributed by atoms with Crippen LogP contribution in [0.25, 0.3) is 0 Å². The van der Waals surface area contributed by atoms with Crippen LogP contribution in [0, 0.1) is 11.8 Å². The lowest BCUT2D eigenvalue weighted by atomic mass is 10.0. The molecule has 0 aromatic heterocycles. The SMILES string of the molecule is CCCCC(=O)N1Cc2ccccc2C#Cc2ccccc21. The van der Waals surface area contributed by atoms with Gasteiger partial charge < -0.3 is 4.90 Å². The Morgan fingerprint density at radius 1 is 1.05 bits per heavy atom. The lowest BCUT2D eigenvalue weighted by molar-refractivity contribution is -0.118. The standard InChI is InChI=1S/C20H19NO/c1-2-3-12-20(22)21-15-18-10-5-4-8-16(18)13-14-17-9-6-7-11-19(17)21/h4-11H,2-3,12,15H2,1H3. The summed E-state index contributed by atoms with van der Waals surface area (Å²) < 4.78 is 0. The van der Waals surface area contributed by atoms with E-state index in [-0.39, 0.29) is 5.91 Å². The summed E-state index contributed by atoms with van der Waals surface area (Å²) in [4.78, 5) is 14.6. The van der Waals surface area contributed by atoms with Crippen LogP contribution in [0.15, 0.2) is 48.5 Å². The van der Waals surface area contributed by atoms with Crippen molar-refractivity contribution < 1.29 is 4.79 Å². The lowest BCUT2D eigenvalue weighted by Crippen LogP contribution is -2.31. The van der Waals surface area contributed by atoms with Gasteiger partial charge in [0.1, 0.15) is 0 Å². The quantitative estimate of drug-likeness (QED) is 0.778. The molecule has 1 aliphatic rings. The molecule has 2 nitrogen and oxygen atoms in total. The number of unbranched alkanes of at least 4 members (excludes halogenated alkanes) is 1. The number of carbonyl (C=O) groups excluding carboxylic acids is 1. The summed E-state index contributed by atoms with van der Waals surface area (Å²) >= 11 is 0. The zero-order chi connectivity index (χ0) is 15.4. The van der Waals surface area contributed by atoms with Crippen LogP contribution in [0.1, 0.15) is 42.9 Å². The van der Waals surface area contributed by atoms with Gasteiger partial charge in [-0.1, -0.05) is 55.5 Å². The first-order valence-electron chi connectivity index (χ1n) is 7.79. The van der Waals surface area contributed by atoms with Crippen molar-refractivity contribution in [1.29, 1.82) is 0 Å². The minimum atomic E-state index is 0.174. The molecule has 22 heavy (non-hydrogen) atoms. The fourth-order valence-corrected chi connectivity index (χ4v) is 2.67. The van der Waals surface area contributed by atoms with E-state index in [0.29, 0.717) is 13.0 Å². The molecule has 3 rings (SSSR count). The van der Waals surface area contributed by atoms with Crippen LogP contribution in [0.2, 0.25) is 0 Å². The second-order valence-corrected chi connectivity index (χ2v) is 5.51. The molecule has 2 aromatic rings. The molecule has 0 spiro atoms. The zero-order valence-electron chi connectivity index (χ0n) is 12.8. The fourth-order valence-electron chi connectivity index (χ4n) is 2.67. The maximum Gasteiger partial charge on any atom is 0.227 e. The van der Waals surface area contributed by atoms with Crippen molar-refractivity contribution in [2.24, 2.45) is 0 Å². The van der Waals surface area contributed by atoms with Gasteiger partial charge in [-0.25, -0.2) is 0 Å². The van der Waals surface area contributed by atoms with Gasteiger partial charge in [0, 0.05) is 17.5 Å². The number of hydrogen-bond acceptors (Lipinski definition) is 1. The summed E-state index contributed by atoms with van der Waals surface area (Å²) in [5, 5.41) is 0. The van der Waals surface area contributed by atoms with Crippen LogP contribution in [0.3, 0.4) is 0 Å². The summed E-state index contributed by atoms with van der Waals surface area (Å²) in [7, 11) is 0. The molecule has 0 saturated heterocycles. The third-order valence-corrected chi connectivity index (χ3v) is 3.92. The predicted molar refractivity (Wildman–Crippen MR) is 89.6 cm³/mol. The minimum absolute atomic E-state index is 0.174. The average Bonchev–Trinajstić information content (AvgIpc) is 2.55. The monoisotopic (exact) mass is 289 g/mol. The lowest BCUT2D eigenvalue weighted by Gasteiger charge is -2.26. The highest BCUT2D eigenvalue weighted by atomic mass is 16.2. The number of fused-ring (bicyclic) bond motifs is 2. The summed E-state index contributed by atoms with van der Waals surface area (Å²) in [6.45, 7) is 2.69. The summed E-state index contributed by atoms with van der Waals surface area (Å²) in [6.07, 6.45) is 2.53. The Kier molecular flexibility index (Phi) is 4.25. The maximum atomic E-state index is 12.7. The van der Waals surface area contributed by atoms with E-state index in [4.69, 9.17) is 0 Å². The third-order valence-electron chi connectivity index (χ3n) is 3.92. The number of benzene rings is 2. The molecule has 1 amide bonds. The van der Waals surface area contributed by atoms with E-state index in [2.05, 4.69) is 24.8 Å². The molecule has 0 saturated carbocycles. The molecule has 2 aromatic carbocycles. The Bertz CT molecular complexity index is 752. The average molecular weight is 289 g/mol. The summed E-state index contributed by atoms with van der Waals surface area (Å²) in [5.74, 6) is 6.63. The van der Waals surface area contributed by atoms with Gasteiger partial charge in [0.05, 0.1) is 12.2 Å². The van der Waals surface area contributed by atoms with E-state index in [1.807, 2.05) is 47.4 Å². The van der Waals surface area contributed by atoms with Crippen molar-refractivity contribution in [3.05, 3.63) is 65.2 Å². The van der Waals surface area contributed by atoms with Gasteiger partial charge in [-0.2, -0.15) is 0 Å². The number of hydrogen-bond donors (Lipinski definition) is 0. The minimum Gasteiger partial charge on any atom is -0.307 e. The molecule has 1 heterocycles. The number of nitrogens with zero attached hydrogens (tertiary/aromatic N) is 1. The van der Waals surface area contributed by atoms with E-state index in [9.17, 15) is 4.79 Å². The second kappa shape index (κ2) is 6.49. The van der Waals surface area contributed by atoms with Crippen LogP contribution in [-0.4, -0.2) is 5.91 Å². The normalized spacial score (nSPS) is 12.3. The van der Waals surface area contributed by atoms with Crippen molar-refractivity contribution in [2.75, 3.05) is 4.90 Å². The van der Waals surface area contributed by atoms with Gasteiger partial charge in [-0.3, -0.25) is 4.79 Å². The molecule has 0 fully saturated rings. The van der Waals surface area contributed by atoms with Crippen molar-refractivity contribution in [3.63, 3.8) is 0 Å². The van der Waals surface area contributed by atoms with E-state index in [0.717, 1.165) is 35.2 Å². The Hall–Kier alpha value is -2.53. The zero-order valence-corrected chi connectivity index (χ0v) is 12.8. The van der Waals surface area contributed by atoms with Crippen LogP contribution in [-0.2, 0) is 11.3 Å². The van der Waals surface area contributed by atoms with Crippen LogP contribution in [0.4, 0.5) is 5.69 Å². The second-order valence-electron chi connectivity index (χ2n) is 5.51. The van der Waals surface area contributed by atoms with Gasteiger partial charge in [0.15, 0.2) is 0 Å². The molecule has 1 aliphatic heterocycles. The van der Waals surface area contributed by atoms with Gasteiger partial charge in [-0.15, -0.1) is 0 Å². The predicted octanol–water partition coefficient (Wildman–Crippen LogP) is 4.12. The summed E-state index contributed by atoms with van der Waals surface area (Å²) in [6, 6.07) is 16.0. The Morgan fingerprint density at radius 3 is 2.55 bits per heavy atom. The molecular weight excluding hydrogens is 270 g/mol. The van der Waals surface area contributed by atoms with Crippen molar-refractivity contribution in [3.8, 4) is 11.8 Å². The van der Waals surface area contributed by atoms with Crippen molar-refractivity contribution >= 4 is 11.6 Å².